The summed E-state index contributed by atoms with van der Waals surface area (Å²) < 4.78 is 5.33. The molecule has 0 aromatic heterocycles. The molecule has 98 valence electrons. The van der Waals surface area contributed by atoms with E-state index in [1.165, 1.54) is 13.1 Å². The van der Waals surface area contributed by atoms with Crippen LogP contribution >= 0.6 is 0 Å². The number of benzene rings is 1. The molecule has 0 aliphatic carbocycles. The lowest BCUT2D eigenvalue weighted by Crippen LogP contribution is -2.44. The zero-order valence-corrected chi connectivity index (χ0v) is 11.3. The van der Waals surface area contributed by atoms with Gasteiger partial charge in [0, 0.05) is 38.3 Å². The van der Waals surface area contributed by atoms with E-state index in [1.54, 1.807) is 7.11 Å². The van der Waals surface area contributed by atoms with Gasteiger partial charge in [-0.2, -0.15) is 0 Å². The lowest BCUT2D eigenvalue weighted by atomic mass is 10.2. The smallest absolute Gasteiger partial charge is 0.126 e. The first-order valence-electron chi connectivity index (χ1n) is 6.50. The third-order valence-corrected chi connectivity index (χ3v) is 3.40. The minimum Gasteiger partial charge on any atom is -0.496 e. The van der Waals surface area contributed by atoms with E-state index < -0.39 is 0 Å². The Balaban J connectivity index is 1.87. The normalized spacial score (nSPS) is 18.3. The van der Waals surface area contributed by atoms with Crippen molar-refractivity contribution in [2.45, 2.75) is 0 Å². The van der Waals surface area contributed by atoms with Crippen molar-refractivity contribution in [1.82, 2.24) is 9.80 Å². The molecule has 0 saturated carbocycles. The number of likely N-dealkylation sites (N-methyl/N-ethyl adjacent to an activating group) is 1. The first kappa shape index (κ1) is 13.1. The molecule has 3 heteroatoms. The SMILES string of the molecule is COc1ccccc1/C=C/CN1CCN(C)CC1. The van der Waals surface area contributed by atoms with Gasteiger partial charge in [0.15, 0.2) is 0 Å². The van der Waals surface area contributed by atoms with E-state index in [0.29, 0.717) is 0 Å². The van der Waals surface area contributed by atoms with Crippen LogP contribution in [0, 0.1) is 0 Å². The summed E-state index contributed by atoms with van der Waals surface area (Å²) in [4.78, 5) is 4.85. The monoisotopic (exact) mass is 246 g/mol. The number of hydrogen-bond acceptors (Lipinski definition) is 3. The number of nitrogens with zero attached hydrogens (tertiary/aromatic N) is 2. The summed E-state index contributed by atoms with van der Waals surface area (Å²) >= 11 is 0. The topological polar surface area (TPSA) is 15.7 Å². The van der Waals surface area contributed by atoms with Crippen molar-refractivity contribution in [2.24, 2.45) is 0 Å². The molecule has 0 unspecified atom stereocenters. The molecule has 0 radical (unpaired) electrons. The number of ether oxygens (including phenoxy) is 1. The minimum absolute atomic E-state index is 0.937. The van der Waals surface area contributed by atoms with Crippen molar-refractivity contribution in [2.75, 3.05) is 46.9 Å². The van der Waals surface area contributed by atoms with Crippen LogP contribution in [0.5, 0.6) is 5.75 Å². The Bertz CT molecular complexity index is 395. The van der Waals surface area contributed by atoms with Gasteiger partial charge < -0.3 is 9.64 Å². The van der Waals surface area contributed by atoms with E-state index in [1.807, 2.05) is 18.2 Å². The Morgan fingerprint density at radius 3 is 2.61 bits per heavy atom. The third kappa shape index (κ3) is 3.59. The van der Waals surface area contributed by atoms with E-state index in [0.717, 1.165) is 30.9 Å². The van der Waals surface area contributed by atoms with Crippen molar-refractivity contribution in [3.05, 3.63) is 35.9 Å². The van der Waals surface area contributed by atoms with Crippen molar-refractivity contribution >= 4 is 6.08 Å². The molecular formula is C15H22N2O. The fourth-order valence-corrected chi connectivity index (χ4v) is 2.16. The molecule has 1 fully saturated rings. The van der Waals surface area contributed by atoms with Gasteiger partial charge in [-0.3, -0.25) is 4.90 Å². The van der Waals surface area contributed by atoms with Crippen molar-refractivity contribution in [3.63, 3.8) is 0 Å². The van der Waals surface area contributed by atoms with Crippen LogP contribution in [-0.2, 0) is 0 Å². The summed E-state index contributed by atoms with van der Waals surface area (Å²) in [6, 6.07) is 8.11. The van der Waals surface area contributed by atoms with Crippen LogP contribution in [0.2, 0.25) is 0 Å². The lowest BCUT2D eigenvalue weighted by molar-refractivity contribution is 0.167. The Labute approximate surface area is 110 Å². The van der Waals surface area contributed by atoms with E-state index in [2.05, 4.69) is 35.1 Å². The average Bonchev–Trinajstić information content (AvgIpc) is 2.41. The van der Waals surface area contributed by atoms with Gasteiger partial charge in [-0.05, 0) is 13.1 Å². The first-order chi connectivity index (χ1) is 8.79. The van der Waals surface area contributed by atoms with Gasteiger partial charge in [-0.15, -0.1) is 0 Å². The molecule has 0 bridgehead atoms. The first-order valence-corrected chi connectivity index (χ1v) is 6.50. The Hall–Kier alpha value is -1.32. The molecule has 18 heavy (non-hydrogen) atoms. The molecule has 1 heterocycles. The van der Waals surface area contributed by atoms with Gasteiger partial charge in [-0.25, -0.2) is 0 Å². The van der Waals surface area contributed by atoms with E-state index in [9.17, 15) is 0 Å². The molecule has 2 rings (SSSR count). The molecule has 3 nitrogen and oxygen atoms in total. The quantitative estimate of drug-likeness (QED) is 0.807. The zero-order chi connectivity index (χ0) is 12.8. The second-order valence-corrected chi connectivity index (χ2v) is 4.75. The summed E-state index contributed by atoms with van der Waals surface area (Å²) in [6.07, 6.45) is 4.38. The molecule has 1 aromatic rings. The Kier molecular flexibility index (Phi) is 4.79. The maximum Gasteiger partial charge on any atom is 0.126 e. The van der Waals surface area contributed by atoms with Crippen molar-refractivity contribution in [3.8, 4) is 5.75 Å². The van der Waals surface area contributed by atoms with Crippen LogP contribution in [0.1, 0.15) is 5.56 Å². The molecule has 1 aliphatic heterocycles. The largest absolute Gasteiger partial charge is 0.496 e. The van der Waals surface area contributed by atoms with Crippen LogP contribution in [0.15, 0.2) is 30.3 Å². The molecule has 1 saturated heterocycles. The average molecular weight is 246 g/mol. The van der Waals surface area contributed by atoms with Crippen LogP contribution in [-0.4, -0.2) is 56.7 Å². The van der Waals surface area contributed by atoms with Crippen LogP contribution in [0.25, 0.3) is 6.08 Å². The fraction of sp³-hybridized carbons (Fsp3) is 0.467. The molecule has 0 spiro atoms. The van der Waals surface area contributed by atoms with E-state index in [-0.39, 0.29) is 0 Å². The minimum atomic E-state index is 0.937. The van der Waals surface area contributed by atoms with E-state index in [4.69, 9.17) is 4.74 Å². The Morgan fingerprint density at radius 2 is 1.89 bits per heavy atom. The molecule has 0 N–H and O–H groups in total. The summed E-state index contributed by atoms with van der Waals surface area (Å²) in [5.74, 6) is 0.937. The van der Waals surface area contributed by atoms with Crippen LogP contribution < -0.4 is 4.74 Å². The zero-order valence-electron chi connectivity index (χ0n) is 11.3. The maximum atomic E-state index is 5.33. The standard InChI is InChI=1S/C15H22N2O/c1-16-10-12-17(13-11-16)9-5-7-14-6-3-4-8-15(14)18-2/h3-8H,9-13H2,1-2H3/b7-5+. The highest BCUT2D eigenvalue weighted by atomic mass is 16.5. The number of methoxy groups -OCH3 is 1. The number of para-hydroxylation sites is 1. The van der Waals surface area contributed by atoms with Gasteiger partial charge in [0.05, 0.1) is 7.11 Å². The van der Waals surface area contributed by atoms with Gasteiger partial charge in [-0.1, -0.05) is 30.4 Å². The second kappa shape index (κ2) is 6.57. The third-order valence-electron chi connectivity index (χ3n) is 3.40. The summed E-state index contributed by atoms with van der Waals surface area (Å²) in [5.41, 5.74) is 1.15. The number of piperazine rings is 1. The fourth-order valence-electron chi connectivity index (χ4n) is 2.16. The molecule has 1 aliphatic rings. The summed E-state index contributed by atoms with van der Waals surface area (Å²) in [7, 11) is 3.90. The highest BCUT2D eigenvalue weighted by Crippen LogP contribution is 2.18. The predicted octanol–water partition coefficient (Wildman–Crippen LogP) is 1.96. The molecule has 0 atom stereocenters. The second-order valence-electron chi connectivity index (χ2n) is 4.75. The maximum absolute atomic E-state index is 5.33. The highest BCUT2D eigenvalue weighted by molar-refractivity contribution is 5.57. The number of rotatable bonds is 4. The van der Waals surface area contributed by atoms with Gasteiger partial charge in [0.2, 0.25) is 0 Å². The Morgan fingerprint density at radius 1 is 1.17 bits per heavy atom. The van der Waals surface area contributed by atoms with Crippen LogP contribution in [0.3, 0.4) is 0 Å². The number of hydrogen-bond donors (Lipinski definition) is 0. The van der Waals surface area contributed by atoms with Gasteiger partial charge in [0.25, 0.3) is 0 Å². The summed E-state index contributed by atoms with van der Waals surface area (Å²) in [5, 5.41) is 0. The molecular weight excluding hydrogens is 224 g/mol. The predicted molar refractivity (Wildman–Crippen MR) is 76.0 cm³/mol. The van der Waals surface area contributed by atoms with Crippen molar-refractivity contribution in [1.29, 1.82) is 0 Å². The lowest BCUT2D eigenvalue weighted by Gasteiger charge is -2.31. The van der Waals surface area contributed by atoms with E-state index >= 15 is 0 Å². The van der Waals surface area contributed by atoms with Gasteiger partial charge in [0.1, 0.15) is 5.75 Å². The highest BCUT2D eigenvalue weighted by Gasteiger charge is 2.11. The van der Waals surface area contributed by atoms with Crippen molar-refractivity contribution < 1.29 is 4.74 Å². The van der Waals surface area contributed by atoms with Gasteiger partial charge >= 0.3 is 0 Å². The van der Waals surface area contributed by atoms with Crippen LogP contribution in [0.4, 0.5) is 0 Å². The molecule has 0 amide bonds. The summed E-state index contributed by atoms with van der Waals surface area (Å²) in [6.45, 7) is 5.68. The molecule has 1 aromatic carbocycles.